The Bertz CT molecular complexity index is 3090. The molecule has 2 aromatic heterocycles. The van der Waals surface area contributed by atoms with Crippen molar-refractivity contribution in [1.82, 2.24) is 0 Å². The zero-order valence-electron chi connectivity index (χ0n) is 43.4. The van der Waals surface area contributed by atoms with E-state index in [9.17, 15) is 14.4 Å². The third-order valence-electron chi connectivity index (χ3n) is 12.0. The summed E-state index contributed by atoms with van der Waals surface area (Å²) in [5.74, 6) is 0.978. The van der Waals surface area contributed by atoms with Crippen molar-refractivity contribution >= 4 is 67.8 Å². The zero-order chi connectivity index (χ0) is 49.2. The number of allylic oxidation sites excluding steroid dienone is 1. The Morgan fingerprint density at radius 3 is 1.20 bits per heavy atom. The minimum Gasteiger partial charge on any atom is -0.870 e. The fraction of sp³-hybridized carbons (Fsp3) is 0.317. The van der Waals surface area contributed by atoms with E-state index in [1.807, 2.05) is 78.9 Å². The number of ether oxygens (including phenoxy) is 2. The monoisotopic (exact) mass is 954 g/mol. The summed E-state index contributed by atoms with van der Waals surface area (Å²) < 4.78 is 22.6. The topological polar surface area (TPSA) is 126 Å². The van der Waals surface area contributed by atoms with Crippen molar-refractivity contribution in [2.75, 3.05) is 14.2 Å². The Labute approximate surface area is 450 Å². The molecule has 6 aromatic carbocycles. The van der Waals surface area contributed by atoms with E-state index in [2.05, 4.69) is 107 Å². The van der Waals surface area contributed by atoms with Crippen LogP contribution in [0.2, 0.25) is 0 Å². The Hall–Kier alpha value is -5.13. The molecule has 1 N–H and O–H groups in total. The van der Waals surface area contributed by atoms with Gasteiger partial charge in [-0.3, -0.25) is 14.4 Å². The number of aldehydes is 1. The van der Waals surface area contributed by atoms with Gasteiger partial charge in [0.15, 0.2) is 11.6 Å². The van der Waals surface area contributed by atoms with Gasteiger partial charge in [-0.05, 0) is 111 Å². The van der Waals surface area contributed by atoms with Crippen LogP contribution in [0.25, 0.3) is 50.0 Å². The van der Waals surface area contributed by atoms with Gasteiger partial charge in [0.25, 0.3) is 0 Å². The largest absolute Gasteiger partial charge is 1.00 e. The van der Waals surface area contributed by atoms with Gasteiger partial charge in [0.2, 0.25) is 0 Å². The number of rotatable bonds is 7. The summed E-state index contributed by atoms with van der Waals surface area (Å²) >= 11 is 0. The summed E-state index contributed by atoms with van der Waals surface area (Å²) in [6.45, 7) is 27.8. The summed E-state index contributed by atoms with van der Waals surface area (Å²) in [6.07, 6.45) is 4.46. The van der Waals surface area contributed by atoms with Crippen molar-refractivity contribution in [3.8, 4) is 11.5 Å². The molecule has 0 atom stereocenters. The minimum atomic E-state index is -0.118. The van der Waals surface area contributed by atoms with Crippen molar-refractivity contribution in [2.45, 2.75) is 112 Å². The van der Waals surface area contributed by atoms with Gasteiger partial charge in [0.05, 0.1) is 25.3 Å². The van der Waals surface area contributed by atoms with Gasteiger partial charge in [-0.25, -0.2) is 0 Å². The molecule has 356 valence electrons. The molecule has 0 saturated carbocycles. The maximum absolute atomic E-state index is 13.2. The second-order valence-electron chi connectivity index (χ2n) is 21.4. The van der Waals surface area contributed by atoms with E-state index in [1.165, 1.54) is 29.2 Å². The number of ketones is 2. The molecule has 0 spiro atoms. The number of fused-ring (bicyclic) bond motifs is 6. The standard InChI is InChI=1S/C30H32O3.C15H12O3.C15H22O.K.H2O/c1-29(2,3)20-14-19(15-21(16-20)30(4,5)6)12-13-25(31)24-18-28-23(17-27(24)32-7)22-10-8-9-11-26(22)33-28;1-9(16)11-7-15-12(8-14(11)17-2)10-5-3-4-6-13(10)18-15;1-14(2,3)12-7-11(10-16)8-13(9-12)15(4,5)6;;/h8-18H,1-7H3;3-8H,1-2H3;7-10H,1-6H3;;1H2/q;;;+1;/p-1/b13-12+;;;;. The van der Waals surface area contributed by atoms with Crippen LogP contribution in [0.15, 0.2) is 124 Å². The summed E-state index contributed by atoms with van der Waals surface area (Å²) in [4.78, 5) is 35.7. The molecule has 8 aromatic rings. The first-order chi connectivity index (χ1) is 31.3. The Morgan fingerprint density at radius 1 is 0.478 bits per heavy atom. The number of furan rings is 2. The predicted octanol–water partition coefficient (Wildman–Crippen LogP) is 12.8. The number of carbonyl (C=O) groups excluding carboxylic acids is 3. The van der Waals surface area contributed by atoms with Crippen molar-refractivity contribution in [3.63, 3.8) is 0 Å². The molecule has 0 fully saturated rings. The minimum absolute atomic E-state index is 0. The maximum atomic E-state index is 13.2. The van der Waals surface area contributed by atoms with Gasteiger partial charge in [0.1, 0.15) is 40.1 Å². The van der Waals surface area contributed by atoms with Crippen molar-refractivity contribution < 1.29 is 89.6 Å². The van der Waals surface area contributed by atoms with E-state index in [0.29, 0.717) is 33.8 Å². The Morgan fingerprint density at radius 2 is 0.841 bits per heavy atom. The van der Waals surface area contributed by atoms with Crippen LogP contribution in [0, 0.1) is 0 Å². The van der Waals surface area contributed by atoms with Gasteiger partial charge in [-0.2, -0.15) is 0 Å². The van der Waals surface area contributed by atoms with E-state index in [0.717, 1.165) is 50.1 Å². The van der Waals surface area contributed by atoms with Gasteiger partial charge >= 0.3 is 51.4 Å². The van der Waals surface area contributed by atoms with E-state index in [-0.39, 0.29) is 90.1 Å². The number of carbonyl (C=O) groups is 3. The van der Waals surface area contributed by atoms with Gasteiger partial charge in [0, 0.05) is 27.1 Å². The SMILES string of the molecule is CC(C)(C)c1cc(C=O)cc(C(C)(C)C)c1.COc1cc2c(cc1C(=O)/C=C/c1cc(C(C)(C)C)cc(C(C)(C)C)c1)oc1ccccc12.COc1cc2c(cc1C(C)=O)oc1ccccc12.[K+].[OH-]. The smallest absolute Gasteiger partial charge is 0.870 e. The normalized spacial score (nSPS) is 11.9. The molecule has 0 aliphatic heterocycles. The average molecular weight is 955 g/mol. The summed E-state index contributed by atoms with van der Waals surface area (Å²) in [7, 11) is 3.15. The predicted molar refractivity (Wildman–Crippen MR) is 279 cm³/mol. The summed E-state index contributed by atoms with van der Waals surface area (Å²) in [5.41, 5.74) is 11.0. The first-order valence-corrected chi connectivity index (χ1v) is 22.8. The molecule has 2 heterocycles. The van der Waals surface area contributed by atoms with Crippen LogP contribution < -0.4 is 60.9 Å². The van der Waals surface area contributed by atoms with E-state index in [1.54, 1.807) is 32.4 Å². The van der Waals surface area contributed by atoms with E-state index in [4.69, 9.17) is 18.3 Å². The molecule has 0 radical (unpaired) electrons. The third-order valence-corrected chi connectivity index (χ3v) is 12.0. The maximum Gasteiger partial charge on any atom is 1.00 e. The molecule has 0 bridgehead atoms. The fourth-order valence-corrected chi connectivity index (χ4v) is 7.77. The van der Waals surface area contributed by atoms with Crippen molar-refractivity contribution in [1.29, 1.82) is 0 Å². The van der Waals surface area contributed by atoms with Crippen molar-refractivity contribution in [3.05, 3.63) is 160 Å². The van der Waals surface area contributed by atoms with Crippen LogP contribution in [-0.2, 0) is 21.7 Å². The first-order valence-electron chi connectivity index (χ1n) is 22.8. The number of hydrogen-bond acceptors (Lipinski definition) is 8. The summed E-state index contributed by atoms with van der Waals surface area (Å²) in [5, 5.41) is 3.94. The molecule has 8 rings (SSSR count). The number of Topliss-reactive ketones (excluding diaryl/α,β-unsaturated/α-hetero) is 1. The van der Waals surface area contributed by atoms with Gasteiger partial charge in [-0.15, -0.1) is 0 Å². The Kier molecular flexibility index (Phi) is 18.2. The van der Waals surface area contributed by atoms with Gasteiger partial charge in [-0.1, -0.05) is 150 Å². The third kappa shape index (κ3) is 13.4. The molecular formula is C60H67KO8. The second kappa shape index (κ2) is 22.3. The van der Waals surface area contributed by atoms with Crippen LogP contribution in [0.4, 0.5) is 0 Å². The number of benzene rings is 6. The quantitative estimate of drug-likeness (QED) is 0.0669. The molecular weight excluding hydrogens is 888 g/mol. The molecule has 8 nitrogen and oxygen atoms in total. The van der Waals surface area contributed by atoms with Gasteiger partial charge < -0.3 is 23.8 Å². The number of methoxy groups -OCH3 is 2. The van der Waals surface area contributed by atoms with Crippen LogP contribution in [0.1, 0.15) is 149 Å². The van der Waals surface area contributed by atoms with Crippen LogP contribution >= 0.6 is 0 Å². The molecule has 69 heavy (non-hydrogen) atoms. The molecule has 0 amide bonds. The first kappa shape index (κ1) is 56.5. The number of para-hydroxylation sites is 2. The molecule has 0 unspecified atom stereocenters. The molecule has 0 saturated heterocycles. The van der Waals surface area contributed by atoms with Crippen LogP contribution in [0.5, 0.6) is 11.5 Å². The summed E-state index contributed by atoms with van der Waals surface area (Å²) in [6, 6.07) is 35.7. The molecule has 9 heteroatoms. The molecule has 0 aliphatic rings. The Balaban J connectivity index is 0.000000244. The van der Waals surface area contributed by atoms with E-state index >= 15 is 0 Å². The molecule has 0 aliphatic carbocycles. The number of hydrogen-bond donors (Lipinski definition) is 0. The van der Waals surface area contributed by atoms with Crippen molar-refractivity contribution in [2.24, 2.45) is 0 Å². The average Bonchev–Trinajstić information content (AvgIpc) is 3.83. The van der Waals surface area contributed by atoms with Crippen LogP contribution in [-0.4, -0.2) is 37.5 Å². The second-order valence-corrected chi connectivity index (χ2v) is 21.4. The van der Waals surface area contributed by atoms with Crippen LogP contribution in [0.3, 0.4) is 0 Å². The fourth-order valence-electron chi connectivity index (χ4n) is 7.77. The van der Waals surface area contributed by atoms with E-state index < -0.39 is 0 Å². The zero-order valence-corrected chi connectivity index (χ0v) is 46.6.